The Bertz CT molecular complexity index is 1170. The largest absolute Gasteiger partial charge is 0.394 e. The van der Waals surface area contributed by atoms with Gasteiger partial charge in [-0.05, 0) is 57.7 Å². The van der Waals surface area contributed by atoms with Gasteiger partial charge in [0, 0.05) is 11.7 Å². The summed E-state index contributed by atoms with van der Waals surface area (Å²) in [6.07, 6.45) is 1.44. The molecule has 2 unspecified atom stereocenters. The van der Waals surface area contributed by atoms with Gasteiger partial charge in [-0.2, -0.15) is 0 Å². The summed E-state index contributed by atoms with van der Waals surface area (Å²) in [5.74, 6) is -2.49. The Morgan fingerprint density at radius 2 is 1.70 bits per heavy atom. The molecule has 5 rings (SSSR count). The normalized spacial score (nSPS) is 30.9. The molecule has 2 aromatic rings. The van der Waals surface area contributed by atoms with Crippen molar-refractivity contribution in [3.8, 4) is 0 Å². The number of nitrogens with one attached hydrogen (secondary N) is 2. The van der Waals surface area contributed by atoms with Gasteiger partial charge < -0.3 is 25.4 Å². The minimum atomic E-state index is -1.13. The number of hydrogen-bond acceptors (Lipinski definition) is 5. The van der Waals surface area contributed by atoms with E-state index in [9.17, 15) is 19.5 Å². The Labute approximate surface area is 217 Å². The summed E-state index contributed by atoms with van der Waals surface area (Å²) in [5.41, 5.74) is -0.409. The number of carbonyl (C=O) groups excluding carboxylic acids is 3. The standard InChI is InChI=1S/C29H35N3O5/c1-18(2)30-26(35)24-29-15-14-28(3,37-29)22(25(34)31-20-12-8-5-9-13-20)23(29)27(36)32(24)21(17-33)16-19-10-6-4-7-11-19/h4-13,18,21-24,33H,14-17H2,1-3H3,(H,30,35)(H,31,34)/t21-,22+,23+,24?,28-,29?/m1/s1. The van der Waals surface area contributed by atoms with Crippen LogP contribution >= 0.6 is 0 Å². The Balaban J connectivity index is 1.54. The van der Waals surface area contributed by atoms with Crippen molar-refractivity contribution in [2.45, 2.75) is 69.4 Å². The number of amides is 3. The van der Waals surface area contributed by atoms with Gasteiger partial charge in [0.2, 0.25) is 17.7 Å². The van der Waals surface area contributed by atoms with Crippen LogP contribution in [-0.4, -0.2) is 63.7 Å². The lowest BCUT2D eigenvalue weighted by atomic mass is 9.66. The SMILES string of the molecule is CC(C)NC(=O)C1N([C@@H](CO)Cc2ccccc2)C(=O)[C@@H]2[C@@H](C(=O)Nc3ccccc3)[C@@]3(C)CCC12O3. The molecule has 0 aliphatic carbocycles. The van der Waals surface area contributed by atoms with Gasteiger partial charge in [-0.25, -0.2) is 0 Å². The van der Waals surface area contributed by atoms with Crippen LogP contribution in [0.3, 0.4) is 0 Å². The number of aliphatic hydroxyl groups excluding tert-OH is 1. The van der Waals surface area contributed by atoms with Crippen LogP contribution in [0.25, 0.3) is 0 Å². The molecular formula is C29H35N3O5. The first-order chi connectivity index (χ1) is 17.7. The van der Waals surface area contributed by atoms with Crippen molar-refractivity contribution in [1.82, 2.24) is 10.2 Å². The van der Waals surface area contributed by atoms with Crippen LogP contribution < -0.4 is 10.6 Å². The van der Waals surface area contributed by atoms with E-state index in [1.807, 2.05) is 69.3 Å². The maximum atomic E-state index is 14.2. The van der Waals surface area contributed by atoms with Gasteiger partial charge in [-0.3, -0.25) is 14.4 Å². The second-order valence-corrected chi connectivity index (χ2v) is 11.0. The van der Waals surface area contributed by atoms with E-state index in [1.165, 1.54) is 4.90 Å². The third kappa shape index (κ3) is 4.22. The number of likely N-dealkylation sites (tertiary alicyclic amines) is 1. The number of carbonyl (C=O) groups is 3. The number of para-hydroxylation sites is 1. The highest BCUT2D eigenvalue weighted by molar-refractivity contribution is 6.02. The van der Waals surface area contributed by atoms with Crippen molar-refractivity contribution in [3.05, 3.63) is 66.2 Å². The molecule has 37 heavy (non-hydrogen) atoms. The lowest BCUT2D eigenvalue weighted by Crippen LogP contribution is -2.59. The Morgan fingerprint density at radius 3 is 2.32 bits per heavy atom. The van der Waals surface area contributed by atoms with Crippen LogP contribution in [0.5, 0.6) is 0 Å². The second kappa shape index (κ2) is 9.58. The van der Waals surface area contributed by atoms with Crippen LogP contribution in [0.15, 0.2) is 60.7 Å². The molecule has 3 heterocycles. The summed E-state index contributed by atoms with van der Waals surface area (Å²) in [4.78, 5) is 43.2. The second-order valence-electron chi connectivity index (χ2n) is 11.0. The van der Waals surface area contributed by atoms with E-state index in [2.05, 4.69) is 10.6 Å². The zero-order chi connectivity index (χ0) is 26.4. The van der Waals surface area contributed by atoms with E-state index < -0.39 is 35.1 Å². The van der Waals surface area contributed by atoms with E-state index in [0.717, 1.165) is 5.56 Å². The smallest absolute Gasteiger partial charge is 0.246 e. The highest BCUT2D eigenvalue weighted by Crippen LogP contribution is 2.63. The molecule has 8 nitrogen and oxygen atoms in total. The third-order valence-corrected chi connectivity index (χ3v) is 8.14. The highest BCUT2D eigenvalue weighted by Gasteiger charge is 2.78. The molecule has 3 fully saturated rings. The Kier molecular flexibility index (Phi) is 6.58. The Hall–Kier alpha value is -3.23. The van der Waals surface area contributed by atoms with E-state index >= 15 is 0 Å². The molecule has 3 N–H and O–H groups in total. The topological polar surface area (TPSA) is 108 Å². The molecule has 196 valence electrons. The molecule has 6 atom stereocenters. The number of hydrogen-bond donors (Lipinski definition) is 3. The molecule has 0 radical (unpaired) electrons. The summed E-state index contributed by atoms with van der Waals surface area (Å²) < 4.78 is 6.64. The van der Waals surface area contributed by atoms with E-state index in [4.69, 9.17) is 4.74 Å². The molecule has 2 bridgehead atoms. The molecule has 1 spiro atoms. The van der Waals surface area contributed by atoms with Gasteiger partial charge in [0.25, 0.3) is 0 Å². The maximum Gasteiger partial charge on any atom is 0.246 e. The Morgan fingerprint density at radius 1 is 1.05 bits per heavy atom. The average molecular weight is 506 g/mol. The first-order valence-corrected chi connectivity index (χ1v) is 13.0. The van der Waals surface area contributed by atoms with Crippen molar-refractivity contribution in [2.75, 3.05) is 11.9 Å². The number of benzene rings is 2. The number of aliphatic hydroxyl groups is 1. The number of ether oxygens (including phenoxy) is 1. The predicted octanol–water partition coefficient (Wildman–Crippen LogP) is 2.52. The van der Waals surface area contributed by atoms with Crippen molar-refractivity contribution < 1.29 is 24.2 Å². The summed E-state index contributed by atoms with van der Waals surface area (Å²) >= 11 is 0. The van der Waals surface area contributed by atoms with Crippen molar-refractivity contribution in [2.24, 2.45) is 11.8 Å². The van der Waals surface area contributed by atoms with Gasteiger partial charge in [-0.15, -0.1) is 0 Å². The quantitative estimate of drug-likeness (QED) is 0.511. The minimum Gasteiger partial charge on any atom is -0.394 e. The molecule has 3 amide bonds. The van der Waals surface area contributed by atoms with E-state index in [1.54, 1.807) is 12.1 Å². The van der Waals surface area contributed by atoms with Crippen LogP contribution in [-0.2, 0) is 25.5 Å². The third-order valence-electron chi connectivity index (χ3n) is 8.14. The number of fused-ring (bicyclic) bond motifs is 1. The zero-order valence-corrected chi connectivity index (χ0v) is 21.5. The van der Waals surface area contributed by atoms with Crippen LogP contribution in [0, 0.1) is 11.8 Å². The molecule has 3 aliphatic heterocycles. The lowest BCUT2D eigenvalue weighted by molar-refractivity contribution is -0.149. The van der Waals surface area contributed by atoms with Crippen LogP contribution in [0.4, 0.5) is 5.69 Å². The minimum absolute atomic E-state index is 0.145. The number of nitrogens with zero attached hydrogens (tertiary/aromatic N) is 1. The fraction of sp³-hybridized carbons (Fsp3) is 0.483. The molecule has 0 aromatic heterocycles. The molecule has 0 saturated carbocycles. The van der Waals surface area contributed by atoms with Crippen LogP contribution in [0.2, 0.25) is 0 Å². The van der Waals surface area contributed by atoms with Gasteiger partial charge in [-0.1, -0.05) is 48.5 Å². The van der Waals surface area contributed by atoms with Gasteiger partial charge in [0.1, 0.15) is 11.6 Å². The number of rotatable bonds is 8. The molecule has 3 aliphatic rings. The fourth-order valence-corrected chi connectivity index (χ4v) is 6.70. The average Bonchev–Trinajstić information content (AvgIpc) is 3.44. The zero-order valence-electron chi connectivity index (χ0n) is 21.5. The summed E-state index contributed by atoms with van der Waals surface area (Å²) in [5, 5.41) is 16.4. The summed E-state index contributed by atoms with van der Waals surface area (Å²) in [7, 11) is 0. The van der Waals surface area contributed by atoms with Gasteiger partial charge in [0.15, 0.2) is 0 Å². The van der Waals surface area contributed by atoms with Crippen molar-refractivity contribution in [1.29, 1.82) is 0 Å². The first-order valence-electron chi connectivity index (χ1n) is 13.0. The van der Waals surface area contributed by atoms with Gasteiger partial charge in [0.05, 0.1) is 30.1 Å². The van der Waals surface area contributed by atoms with Gasteiger partial charge >= 0.3 is 0 Å². The summed E-state index contributed by atoms with van der Waals surface area (Å²) in [6, 6.07) is 17.0. The lowest BCUT2D eigenvalue weighted by Gasteiger charge is -2.37. The molecule has 2 aromatic carbocycles. The predicted molar refractivity (Wildman–Crippen MR) is 138 cm³/mol. The van der Waals surface area contributed by atoms with Crippen LogP contribution in [0.1, 0.15) is 39.2 Å². The maximum absolute atomic E-state index is 14.2. The highest BCUT2D eigenvalue weighted by atomic mass is 16.5. The van der Waals surface area contributed by atoms with E-state index in [-0.39, 0.29) is 30.4 Å². The first kappa shape index (κ1) is 25.4. The number of anilines is 1. The summed E-state index contributed by atoms with van der Waals surface area (Å²) in [6.45, 7) is 5.29. The monoisotopic (exact) mass is 505 g/mol. The van der Waals surface area contributed by atoms with E-state index in [0.29, 0.717) is 24.9 Å². The van der Waals surface area contributed by atoms with Crippen molar-refractivity contribution in [3.63, 3.8) is 0 Å². The molecule has 3 saturated heterocycles. The van der Waals surface area contributed by atoms with Crippen molar-refractivity contribution >= 4 is 23.4 Å². The molecular weight excluding hydrogens is 470 g/mol. The fourth-order valence-electron chi connectivity index (χ4n) is 6.70. The molecule has 8 heteroatoms.